The number of hydrogen-bond donors (Lipinski definition) is 1. The number of nitrogens with zero attached hydrogens (tertiary/aromatic N) is 1. The molecule has 88 valence electrons. The number of thioether (sulfide) groups is 1. The molecule has 1 aromatic rings. The van der Waals surface area contributed by atoms with Crippen LogP contribution in [-0.4, -0.2) is 31.6 Å². The monoisotopic (exact) mass is 236 g/mol. The summed E-state index contributed by atoms with van der Waals surface area (Å²) in [4.78, 5) is 2.16. The van der Waals surface area contributed by atoms with Crippen molar-refractivity contribution < 1.29 is 0 Å². The van der Waals surface area contributed by atoms with Gasteiger partial charge in [0.05, 0.1) is 11.4 Å². The van der Waals surface area contributed by atoms with E-state index in [-0.39, 0.29) is 0 Å². The molecule has 0 bridgehead atoms. The molecule has 0 saturated carbocycles. The fraction of sp³-hybridized carbons (Fsp3) is 0.538. The third-order valence-electron chi connectivity index (χ3n) is 2.91. The first-order valence-electron chi connectivity index (χ1n) is 5.88. The molecule has 1 unspecified atom stereocenters. The molecule has 16 heavy (non-hydrogen) atoms. The first-order valence-corrected chi connectivity index (χ1v) is 7.03. The molecule has 3 heteroatoms. The predicted octanol–water partition coefficient (Wildman–Crippen LogP) is 3.06. The summed E-state index contributed by atoms with van der Waals surface area (Å²) in [6.45, 7) is 0. The summed E-state index contributed by atoms with van der Waals surface area (Å²) in [5, 5.41) is 3.67. The van der Waals surface area contributed by atoms with Gasteiger partial charge in [0.25, 0.3) is 0 Å². The van der Waals surface area contributed by atoms with Gasteiger partial charge in [-0.25, -0.2) is 0 Å². The maximum Gasteiger partial charge on any atom is 0.0596 e. The first kappa shape index (κ1) is 11.6. The van der Waals surface area contributed by atoms with Gasteiger partial charge >= 0.3 is 0 Å². The summed E-state index contributed by atoms with van der Waals surface area (Å²) < 4.78 is 0. The molecule has 0 aliphatic carbocycles. The van der Waals surface area contributed by atoms with Crippen LogP contribution in [0.15, 0.2) is 24.3 Å². The molecule has 1 atom stereocenters. The van der Waals surface area contributed by atoms with Crippen molar-refractivity contribution in [3.63, 3.8) is 0 Å². The number of anilines is 2. The zero-order valence-corrected chi connectivity index (χ0v) is 10.9. The van der Waals surface area contributed by atoms with Gasteiger partial charge in [-0.05, 0) is 30.7 Å². The fourth-order valence-corrected chi connectivity index (χ4v) is 3.13. The lowest BCUT2D eigenvalue weighted by Gasteiger charge is -2.26. The zero-order chi connectivity index (χ0) is 11.4. The second kappa shape index (κ2) is 5.48. The van der Waals surface area contributed by atoms with Crippen molar-refractivity contribution in [3.8, 4) is 0 Å². The Morgan fingerprint density at radius 3 is 2.81 bits per heavy atom. The predicted molar refractivity (Wildman–Crippen MR) is 74.7 cm³/mol. The van der Waals surface area contributed by atoms with Crippen LogP contribution in [-0.2, 0) is 0 Å². The van der Waals surface area contributed by atoms with Crippen molar-refractivity contribution in [2.45, 2.75) is 18.9 Å². The van der Waals surface area contributed by atoms with Crippen LogP contribution >= 0.6 is 11.8 Å². The minimum absolute atomic E-state index is 0.639. The molecule has 0 radical (unpaired) electrons. The van der Waals surface area contributed by atoms with Crippen LogP contribution in [0.5, 0.6) is 0 Å². The third-order valence-corrected chi connectivity index (χ3v) is 4.12. The molecule has 1 N–H and O–H groups in total. The van der Waals surface area contributed by atoms with E-state index in [9.17, 15) is 0 Å². The molecule has 0 spiro atoms. The van der Waals surface area contributed by atoms with Crippen LogP contribution in [0, 0.1) is 0 Å². The highest BCUT2D eigenvalue weighted by atomic mass is 32.2. The van der Waals surface area contributed by atoms with Crippen LogP contribution in [0.1, 0.15) is 12.8 Å². The summed E-state index contributed by atoms with van der Waals surface area (Å²) in [6, 6.07) is 9.17. The third kappa shape index (κ3) is 2.85. The van der Waals surface area contributed by atoms with Gasteiger partial charge in [-0.1, -0.05) is 12.1 Å². The van der Waals surface area contributed by atoms with Gasteiger partial charge in [-0.3, -0.25) is 0 Å². The number of nitrogens with one attached hydrogen (secondary N) is 1. The lowest BCUT2D eigenvalue weighted by atomic mass is 10.1. The highest BCUT2D eigenvalue weighted by molar-refractivity contribution is 7.99. The van der Waals surface area contributed by atoms with E-state index in [1.54, 1.807) is 0 Å². The zero-order valence-electron chi connectivity index (χ0n) is 10.1. The van der Waals surface area contributed by atoms with Gasteiger partial charge in [-0.2, -0.15) is 11.8 Å². The van der Waals surface area contributed by atoms with Crippen LogP contribution in [0.25, 0.3) is 0 Å². The van der Waals surface area contributed by atoms with Crippen molar-refractivity contribution in [2.24, 2.45) is 0 Å². The summed E-state index contributed by atoms with van der Waals surface area (Å²) in [5.74, 6) is 2.56. The van der Waals surface area contributed by atoms with E-state index in [0.717, 1.165) is 0 Å². The van der Waals surface area contributed by atoms with E-state index in [0.29, 0.717) is 6.04 Å². The molecule has 0 aromatic heterocycles. The molecule has 1 heterocycles. The van der Waals surface area contributed by atoms with Gasteiger partial charge < -0.3 is 10.2 Å². The summed E-state index contributed by atoms with van der Waals surface area (Å²) in [5.41, 5.74) is 2.54. The molecule has 1 aromatic carbocycles. The Balaban J connectivity index is 2.07. The van der Waals surface area contributed by atoms with Gasteiger partial charge in [0.1, 0.15) is 0 Å². The Morgan fingerprint density at radius 2 is 2.12 bits per heavy atom. The van der Waals surface area contributed by atoms with E-state index in [2.05, 4.69) is 60.3 Å². The maximum absolute atomic E-state index is 3.67. The van der Waals surface area contributed by atoms with E-state index in [1.165, 1.54) is 35.7 Å². The van der Waals surface area contributed by atoms with Crippen LogP contribution < -0.4 is 10.2 Å². The molecule has 2 nitrogen and oxygen atoms in total. The number of para-hydroxylation sites is 2. The Kier molecular flexibility index (Phi) is 3.99. The fourth-order valence-electron chi connectivity index (χ4n) is 2.06. The number of rotatable bonds is 3. The van der Waals surface area contributed by atoms with Crippen LogP contribution in [0.4, 0.5) is 11.4 Å². The average Bonchev–Trinajstić information content (AvgIpc) is 2.31. The van der Waals surface area contributed by atoms with Crippen molar-refractivity contribution in [2.75, 3.05) is 35.8 Å². The molecule has 0 amide bonds. The maximum atomic E-state index is 3.67. The first-order chi connectivity index (χ1) is 7.77. The molecule has 1 aliphatic heterocycles. The second-order valence-electron chi connectivity index (χ2n) is 4.47. The van der Waals surface area contributed by atoms with E-state index in [4.69, 9.17) is 0 Å². The second-order valence-corrected chi connectivity index (χ2v) is 5.62. The minimum Gasteiger partial charge on any atom is -0.380 e. The van der Waals surface area contributed by atoms with Crippen molar-refractivity contribution in [1.29, 1.82) is 0 Å². The largest absolute Gasteiger partial charge is 0.380 e. The highest BCUT2D eigenvalue weighted by Crippen LogP contribution is 2.27. The van der Waals surface area contributed by atoms with Gasteiger partial charge in [-0.15, -0.1) is 0 Å². The Labute approximate surface area is 102 Å². The SMILES string of the molecule is CN(C)c1ccccc1NC1CCCSC1. The van der Waals surface area contributed by atoms with Crippen molar-refractivity contribution in [3.05, 3.63) is 24.3 Å². The Morgan fingerprint density at radius 1 is 1.31 bits per heavy atom. The molecule has 1 fully saturated rings. The lowest BCUT2D eigenvalue weighted by Crippen LogP contribution is -2.26. The molecule has 1 saturated heterocycles. The Bertz CT molecular complexity index is 332. The highest BCUT2D eigenvalue weighted by Gasteiger charge is 2.14. The average molecular weight is 236 g/mol. The number of hydrogen-bond acceptors (Lipinski definition) is 3. The summed E-state index contributed by atoms with van der Waals surface area (Å²) in [7, 11) is 4.19. The number of benzene rings is 1. The summed E-state index contributed by atoms with van der Waals surface area (Å²) >= 11 is 2.06. The van der Waals surface area contributed by atoms with Crippen molar-refractivity contribution >= 4 is 23.1 Å². The Hall–Kier alpha value is -0.830. The van der Waals surface area contributed by atoms with Crippen LogP contribution in [0.2, 0.25) is 0 Å². The minimum atomic E-state index is 0.639. The molecular formula is C13H20N2S. The van der Waals surface area contributed by atoms with Gasteiger partial charge in [0.15, 0.2) is 0 Å². The topological polar surface area (TPSA) is 15.3 Å². The lowest BCUT2D eigenvalue weighted by molar-refractivity contribution is 0.685. The molecule has 1 aliphatic rings. The van der Waals surface area contributed by atoms with E-state index < -0.39 is 0 Å². The van der Waals surface area contributed by atoms with Crippen LogP contribution in [0.3, 0.4) is 0 Å². The smallest absolute Gasteiger partial charge is 0.0596 e. The van der Waals surface area contributed by atoms with Gasteiger partial charge in [0.2, 0.25) is 0 Å². The molecule has 2 rings (SSSR count). The van der Waals surface area contributed by atoms with Crippen molar-refractivity contribution in [1.82, 2.24) is 0 Å². The molecular weight excluding hydrogens is 216 g/mol. The van der Waals surface area contributed by atoms with E-state index >= 15 is 0 Å². The normalized spacial score (nSPS) is 20.5. The standard InChI is InChI=1S/C13H20N2S/c1-15(2)13-8-4-3-7-12(13)14-11-6-5-9-16-10-11/h3-4,7-8,11,14H,5-6,9-10H2,1-2H3. The summed E-state index contributed by atoms with van der Waals surface area (Å²) in [6.07, 6.45) is 2.64. The van der Waals surface area contributed by atoms with Gasteiger partial charge in [0, 0.05) is 25.9 Å². The van der Waals surface area contributed by atoms with E-state index in [1.807, 2.05) is 0 Å². The quantitative estimate of drug-likeness (QED) is 0.868.